The highest BCUT2D eigenvalue weighted by atomic mass is 16.5. The second-order valence-corrected chi connectivity index (χ2v) is 8.47. The first kappa shape index (κ1) is 26.4. The van der Waals surface area contributed by atoms with E-state index >= 15 is 0 Å². The zero-order chi connectivity index (χ0) is 23.6. The molecule has 0 heterocycles. The lowest BCUT2D eigenvalue weighted by atomic mass is 9.89. The second-order valence-electron chi connectivity index (χ2n) is 8.47. The van der Waals surface area contributed by atoms with Crippen LogP contribution in [0, 0.1) is 17.8 Å². The molecule has 1 rings (SSSR count). The predicted octanol–water partition coefficient (Wildman–Crippen LogP) is 2.64. The van der Waals surface area contributed by atoms with Crippen LogP contribution in [-0.2, 0) is 25.7 Å². The number of benzene rings is 1. The molecule has 0 radical (unpaired) electrons. The summed E-state index contributed by atoms with van der Waals surface area (Å²) < 4.78 is 10.00. The molecule has 0 aliphatic carbocycles. The largest absolute Gasteiger partial charge is 0.467 e. The van der Waals surface area contributed by atoms with Gasteiger partial charge < -0.3 is 25.2 Å². The number of carbonyl (C=O) groups is 3. The molecule has 8 nitrogen and oxygen atoms in total. The van der Waals surface area contributed by atoms with Crippen molar-refractivity contribution in [3.8, 4) is 0 Å². The Morgan fingerprint density at radius 3 is 2.13 bits per heavy atom. The van der Waals surface area contributed by atoms with Crippen LogP contribution in [0.25, 0.3) is 0 Å². The van der Waals surface area contributed by atoms with Gasteiger partial charge >= 0.3 is 12.1 Å². The Bertz CT molecular complexity index is 707. The molecule has 0 spiro atoms. The molecule has 4 atom stereocenters. The first-order valence-electron chi connectivity index (χ1n) is 10.6. The van der Waals surface area contributed by atoms with E-state index in [-0.39, 0.29) is 18.4 Å². The minimum absolute atomic E-state index is 0.0969. The van der Waals surface area contributed by atoms with E-state index in [0.717, 1.165) is 5.56 Å². The van der Waals surface area contributed by atoms with Gasteiger partial charge in [0.1, 0.15) is 12.6 Å². The van der Waals surface area contributed by atoms with Crippen LogP contribution in [0.3, 0.4) is 0 Å². The molecule has 31 heavy (non-hydrogen) atoms. The number of ether oxygens (including phenoxy) is 2. The third kappa shape index (κ3) is 8.96. The first-order valence-corrected chi connectivity index (χ1v) is 10.6. The van der Waals surface area contributed by atoms with Crippen LogP contribution in [0.15, 0.2) is 30.3 Å². The van der Waals surface area contributed by atoms with Crippen LogP contribution >= 0.6 is 0 Å². The minimum atomic E-state index is -1.18. The van der Waals surface area contributed by atoms with E-state index in [2.05, 4.69) is 10.6 Å². The van der Waals surface area contributed by atoms with Gasteiger partial charge in [-0.1, -0.05) is 65.0 Å². The molecule has 1 aromatic rings. The van der Waals surface area contributed by atoms with Crippen molar-refractivity contribution < 1.29 is 29.0 Å². The zero-order valence-electron chi connectivity index (χ0n) is 19.3. The standard InChI is InChI=1S/C23H36N2O6/c1-14(2)12-18(22(28)30-6)24-21(27)16(5)20(26)19(15(3)4)25-23(29)31-13-17-10-8-7-9-11-17/h7-11,14-16,18-20,26H,12-13H2,1-6H3,(H,24,27)(H,25,29). The molecular weight excluding hydrogens is 400 g/mol. The molecule has 0 aliphatic heterocycles. The van der Waals surface area contributed by atoms with Crippen LogP contribution in [0.5, 0.6) is 0 Å². The van der Waals surface area contributed by atoms with Crippen molar-refractivity contribution >= 4 is 18.0 Å². The molecule has 174 valence electrons. The summed E-state index contributed by atoms with van der Waals surface area (Å²) in [6.45, 7) is 9.16. The number of carbonyl (C=O) groups excluding carboxylic acids is 3. The molecule has 4 unspecified atom stereocenters. The number of hydrogen-bond acceptors (Lipinski definition) is 6. The summed E-state index contributed by atoms with van der Waals surface area (Å²) in [6.07, 6.45) is -1.44. The average molecular weight is 437 g/mol. The average Bonchev–Trinajstić information content (AvgIpc) is 2.74. The summed E-state index contributed by atoms with van der Waals surface area (Å²) in [4.78, 5) is 36.9. The Morgan fingerprint density at radius 2 is 1.61 bits per heavy atom. The highest BCUT2D eigenvalue weighted by molar-refractivity contribution is 5.86. The minimum Gasteiger partial charge on any atom is -0.467 e. The van der Waals surface area contributed by atoms with E-state index in [9.17, 15) is 19.5 Å². The monoisotopic (exact) mass is 436 g/mol. The van der Waals surface area contributed by atoms with Crippen molar-refractivity contribution in [2.24, 2.45) is 17.8 Å². The molecule has 2 amide bonds. The van der Waals surface area contributed by atoms with Crippen LogP contribution < -0.4 is 10.6 Å². The smallest absolute Gasteiger partial charge is 0.407 e. The lowest BCUT2D eigenvalue weighted by molar-refractivity contribution is -0.146. The summed E-state index contributed by atoms with van der Waals surface area (Å²) in [7, 11) is 1.26. The van der Waals surface area contributed by atoms with Gasteiger partial charge in [0.25, 0.3) is 0 Å². The van der Waals surface area contributed by atoms with Gasteiger partial charge in [0.2, 0.25) is 5.91 Å². The van der Waals surface area contributed by atoms with Crippen molar-refractivity contribution in [1.82, 2.24) is 10.6 Å². The maximum absolute atomic E-state index is 12.7. The second kappa shape index (κ2) is 12.9. The van der Waals surface area contributed by atoms with Crippen molar-refractivity contribution in [2.45, 2.75) is 65.8 Å². The van der Waals surface area contributed by atoms with Crippen molar-refractivity contribution in [3.05, 3.63) is 35.9 Å². The number of hydrogen-bond donors (Lipinski definition) is 3. The summed E-state index contributed by atoms with van der Waals surface area (Å²) in [5.41, 5.74) is 0.839. The van der Waals surface area contributed by atoms with Gasteiger partial charge in [-0.3, -0.25) is 4.79 Å². The number of rotatable bonds is 11. The molecule has 0 aliphatic rings. The molecule has 0 saturated heterocycles. The van der Waals surface area contributed by atoms with E-state index in [0.29, 0.717) is 6.42 Å². The Labute approximate surface area is 184 Å². The number of amides is 2. The topological polar surface area (TPSA) is 114 Å². The Hall–Kier alpha value is -2.61. The molecule has 1 aromatic carbocycles. The lowest BCUT2D eigenvalue weighted by Crippen LogP contribution is -2.54. The van der Waals surface area contributed by atoms with Gasteiger partial charge in [-0.15, -0.1) is 0 Å². The highest BCUT2D eigenvalue weighted by Gasteiger charge is 2.34. The highest BCUT2D eigenvalue weighted by Crippen LogP contribution is 2.16. The van der Waals surface area contributed by atoms with Crippen LogP contribution in [-0.4, -0.2) is 48.4 Å². The van der Waals surface area contributed by atoms with Gasteiger partial charge in [0, 0.05) is 0 Å². The number of aliphatic hydroxyl groups excluding tert-OH is 1. The fraction of sp³-hybridized carbons (Fsp3) is 0.609. The fourth-order valence-electron chi connectivity index (χ4n) is 3.14. The van der Waals surface area contributed by atoms with Crippen molar-refractivity contribution in [2.75, 3.05) is 7.11 Å². The van der Waals surface area contributed by atoms with Crippen molar-refractivity contribution in [3.63, 3.8) is 0 Å². The van der Waals surface area contributed by atoms with Gasteiger partial charge in [-0.25, -0.2) is 9.59 Å². The maximum atomic E-state index is 12.7. The summed E-state index contributed by atoms with van der Waals surface area (Å²) >= 11 is 0. The van der Waals surface area contributed by atoms with E-state index in [1.165, 1.54) is 7.11 Å². The molecule has 0 saturated carbocycles. The van der Waals surface area contributed by atoms with E-state index in [1.54, 1.807) is 6.92 Å². The van der Waals surface area contributed by atoms with Crippen molar-refractivity contribution in [1.29, 1.82) is 0 Å². The van der Waals surface area contributed by atoms with Crippen LogP contribution in [0.4, 0.5) is 4.79 Å². The SMILES string of the molecule is COC(=O)C(CC(C)C)NC(=O)C(C)C(O)C(NC(=O)OCc1ccccc1)C(C)C. The van der Waals surface area contributed by atoms with Crippen LogP contribution in [0.1, 0.15) is 46.6 Å². The molecule has 0 fully saturated rings. The number of esters is 1. The third-order valence-corrected chi connectivity index (χ3v) is 5.02. The van der Waals surface area contributed by atoms with Gasteiger partial charge in [0.05, 0.1) is 25.2 Å². The van der Waals surface area contributed by atoms with Crippen LogP contribution in [0.2, 0.25) is 0 Å². The van der Waals surface area contributed by atoms with Gasteiger partial charge in [-0.2, -0.15) is 0 Å². The molecule has 3 N–H and O–H groups in total. The number of alkyl carbamates (subject to hydrolysis) is 1. The lowest BCUT2D eigenvalue weighted by Gasteiger charge is -2.31. The predicted molar refractivity (Wildman–Crippen MR) is 117 cm³/mol. The molecule has 0 bridgehead atoms. The van der Waals surface area contributed by atoms with E-state index in [1.807, 2.05) is 58.0 Å². The first-order chi connectivity index (χ1) is 14.6. The third-order valence-electron chi connectivity index (χ3n) is 5.02. The van der Waals surface area contributed by atoms with E-state index < -0.39 is 42.1 Å². The summed E-state index contributed by atoms with van der Waals surface area (Å²) in [6, 6.07) is 7.72. The molecular formula is C23H36N2O6. The molecule has 8 heteroatoms. The molecule has 0 aromatic heterocycles. The maximum Gasteiger partial charge on any atom is 0.407 e. The number of aliphatic hydroxyl groups is 1. The Morgan fingerprint density at radius 1 is 1.00 bits per heavy atom. The quantitative estimate of drug-likeness (QED) is 0.460. The normalized spacial score (nSPS) is 15.0. The zero-order valence-corrected chi connectivity index (χ0v) is 19.3. The Balaban J connectivity index is 2.74. The Kier molecular flexibility index (Phi) is 11.0. The van der Waals surface area contributed by atoms with Gasteiger partial charge in [0.15, 0.2) is 0 Å². The number of nitrogens with one attached hydrogen (secondary N) is 2. The van der Waals surface area contributed by atoms with E-state index in [4.69, 9.17) is 9.47 Å². The summed E-state index contributed by atoms with van der Waals surface area (Å²) in [5, 5.41) is 16.1. The number of methoxy groups -OCH3 is 1. The summed E-state index contributed by atoms with van der Waals surface area (Å²) in [5.74, 6) is -1.91. The van der Waals surface area contributed by atoms with Gasteiger partial charge in [-0.05, 0) is 23.8 Å². The fourth-order valence-corrected chi connectivity index (χ4v) is 3.14.